The molecule has 0 saturated carbocycles. The Hall–Kier alpha value is -3.28. The van der Waals surface area contributed by atoms with Gasteiger partial charge in [-0.3, -0.25) is 9.59 Å². The van der Waals surface area contributed by atoms with Crippen molar-refractivity contribution in [3.05, 3.63) is 53.1 Å². The van der Waals surface area contributed by atoms with E-state index in [1.807, 2.05) is 0 Å². The van der Waals surface area contributed by atoms with Crippen molar-refractivity contribution in [2.24, 2.45) is 0 Å². The molecule has 6 nitrogen and oxygen atoms in total. The molecule has 2 N–H and O–H groups in total. The molecule has 2 heterocycles. The monoisotopic (exact) mass is 475 g/mol. The van der Waals surface area contributed by atoms with Gasteiger partial charge in [-0.2, -0.15) is 26.3 Å². The smallest absolute Gasteiger partial charge is 0.446 e. The molecule has 1 amide bonds. The molecule has 0 aromatic heterocycles. The average molecular weight is 475 g/mol. The van der Waals surface area contributed by atoms with Crippen molar-refractivity contribution in [2.45, 2.75) is 18.4 Å². The fourth-order valence-electron chi connectivity index (χ4n) is 3.73. The number of hydrogen-bond donors (Lipinski definition) is 2. The second kappa shape index (κ2) is 9.30. The molecule has 1 atom stereocenters. The molecule has 2 aliphatic rings. The molecule has 0 radical (unpaired) electrons. The molecule has 0 bridgehead atoms. The van der Waals surface area contributed by atoms with Gasteiger partial charge in [-0.15, -0.1) is 0 Å². The van der Waals surface area contributed by atoms with Crippen LogP contribution >= 0.6 is 0 Å². The third-order valence-electron chi connectivity index (χ3n) is 5.07. The molecular weight excluding hydrogens is 456 g/mol. The number of hydrogen-bond acceptors (Lipinski definition) is 5. The lowest BCUT2D eigenvalue weighted by Crippen LogP contribution is -2.44. The summed E-state index contributed by atoms with van der Waals surface area (Å²) in [7, 11) is 1.49. The number of rotatable bonds is 3. The van der Waals surface area contributed by atoms with Crippen LogP contribution in [-0.4, -0.2) is 50.0 Å². The highest BCUT2D eigenvalue weighted by Crippen LogP contribution is 2.44. The van der Waals surface area contributed by atoms with Gasteiger partial charge in [0.05, 0.1) is 30.0 Å². The second-order valence-electron chi connectivity index (χ2n) is 7.19. The van der Waals surface area contributed by atoms with E-state index in [2.05, 4.69) is 10.6 Å². The van der Waals surface area contributed by atoms with Crippen molar-refractivity contribution in [2.75, 3.05) is 32.1 Å². The Bertz CT molecular complexity index is 1040. The minimum absolute atomic E-state index is 0.234. The number of halogens is 6. The zero-order chi connectivity index (χ0) is 24.4. The first kappa shape index (κ1) is 24.4. The molecular formula is C21H19F6N3O3. The van der Waals surface area contributed by atoms with Crippen LogP contribution in [-0.2, 0) is 11.0 Å². The Morgan fingerprint density at radius 1 is 1.15 bits per heavy atom. The van der Waals surface area contributed by atoms with Crippen LogP contribution in [0.4, 0.5) is 37.7 Å². The number of carbonyl (C=O) groups excluding carboxylic acids is 2. The normalized spacial score (nSPS) is 17.5. The lowest BCUT2D eigenvalue weighted by atomic mass is 9.97. The number of piperazine rings is 1. The highest BCUT2D eigenvalue weighted by Gasteiger charge is 2.45. The summed E-state index contributed by atoms with van der Waals surface area (Å²) in [5.74, 6) is -0.0312. The van der Waals surface area contributed by atoms with Crippen LogP contribution < -0.4 is 15.4 Å². The highest BCUT2D eigenvalue weighted by atomic mass is 19.4. The first-order valence-corrected chi connectivity index (χ1v) is 9.66. The van der Waals surface area contributed by atoms with E-state index in [9.17, 15) is 31.1 Å². The van der Waals surface area contributed by atoms with Crippen molar-refractivity contribution in [3.8, 4) is 5.75 Å². The minimum atomic E-state index is -4.64. The number of alkyl halides is 6. The first-order chi connectivity index (χ1) is 15.5. The maximum Gasteiger partial charge on any atom is 0.446 e. The molecule has 178 valence electrons. The van der Waals surface area contributed by atoms with Crippen LogP contribution in [0.15, 0.2) is 36.4 Å². The number of benzene rings is 2. The number of para-hydroxylation sites is 2. The summed E-state index contributed by atoms with van der Waals surface area (Å²) in [6.07, 6.45) is -10.3. The van der Waals surface area contributed by atoms with Gasteiger partial charge in [-0.05, 0) is 29.8 Å². The van der Waals surface area contributed by atoms with Gasteiger partial charge in [0, 0.05) is 25.3 Å². The van der Waals surface area contributed by atoms with E-state index in [1.54, 1.807) is 30.3 Å². The van der Waals surface area contributed by atoms with Crippen LogP contribution in [0.25, 0.3) is 0 Å². The van der Waals surface area contributed by atoms with E-state index >= 15 is 0 Å². The van der Waals surface area contributed by atoms with E-state index in [0.29, 0.717) is 36.6 Å². The number of nitrogens with zero attached hydrogens (tertiary/aromatic N) is 1. The Morgan fingerprint density at radius 2 is 1.82 bits per heavy atom. The van der Waals surface area contributed by atoms with Gasteiger partial charge < -0.3 is 20.3 Å². The Balaban J connectivity index is 0.000000454. The molecule has 12 heteroatoms. The molecule has 0 aliphatic carbocycles. The van der Waals surface area contributed by atoms with Crippen molar-refractivity contribution in [3.63, 3.8) is 0 Å². The Kier molecular flexibility index (Phi) is 6.86. The summed E-state index contributed by atoms with van der Waals surface area (Å²) in [5.41, 5.74) is 0.0832. The van der Waals surface area contributed by atoms with Gasteiger partial charge >= 0.3 is 12.4 Å². The standard InChI is InChI=1S/C19H18F3N3O2.C2HF3O/c1-27-16-5-3-2-4-14(16)24-11-8-12-15-10-23-6-7-25(15)18(26)17(12)13(9-11)19(20,21)22;3-2(4,5)1-6/h2-5,8-9,15,23-24H,6-7,10H2,1H3;1H/t15-;/m0./s1. The zero-order valence-corrected chi connectivity index (χ0v) is 17.2. The largest absolute Gasteiger partial charge is 0.495 e. The van der Waals surface area contributed by atoms with Gasteiger partial charge in [-0.25, -0.2) is 0 Å². The van der Waals surface area contributed by atoms with E-state index in [4.69, 9.17) is 9.53 Å². The molecule has 1 saturated heterocycles. The molecule has 2 aliphatic heterocycles. The van der Waals surface area contributed by atoms with Crippen LogP contribution in [0.1, 0.15) is 27.5 Å². The van der Waals surface area contributed by atoms with E-state index in [-0.39, 0.29) is 17.3 Å². The third-order valence-corrected chi connectivity index (χ3v) is 5.07. The molecule has 4 rings (SSSR count). The molecule has 0 spiro atoms. The van der Waals surface area contributed by atoms with Gasteiger partial charge in [0.15, 0.2) is 0 Å². The fraction of sp³-hybridized carbons (Fsp3) is 0.333. The summed E-state index contributed by atoms with van der Waals surface area (Å²) >= 11 is 0. The van der Waals surface area contributed by atoms with Gasteiger partial charge in [0.1, 0.15) is 5.75 Å². The third kappa shape index (κ3) is 5.38. The summed E-state index contributed by atoms with van der Waals surface area (Å²) in [6.45, 7) is 1.41. The van der Waals surface area contributed by atoms with Crippen molar-refractivity contribution in [1.82, 2.24) is 10.2 Å². The molecule has 0 unspecified atom stereocenters. The van der Waals surface area contributed by atoms with Crippen LogP contribution in [0, 0.1) is 0 Å². The molecule has 33 heavy (non-hydrogen) atoms. The topological polar surface area (TPSA) is 70.7 Å². The Morgan fingerprint density at radius 3 is 2.42 bits per heavy atom. The van der Waals surface area contributed by atoms with Crippen molar-refractivity contribution in [1.29, 1.82) is 0 Å². The minimum Gasteiger partial charge on any atom is -0.495 e. The molecule has 2 aromatic carbocycles. The van der Waals surface area contributed by atoms with Gasteiger partial charge in [0.25, 0.3) is 5.91 Å². The van der Waals surface area contributed by atoms with Gasteiger partial charge in [-0.1, -0.05) is 12.1 Å². The number of aldehydes is 1. The lowest BCUT2D eigenvalue weighted by molar-refractivity contribution is -0.156. The number of anilines is 2. The first-order valence-electron chi connectivity index (χ1n) is 9.66. The average Bonchev–Trinajstić information content (AvgIpc) is 3.05. The maximum absolute atomic E-state index is 13.7. The van der Waals surface area contributed by atoms with E-state index < -0.39 is 30.1 Å². The summed E-state index contributed by atoms with van der Waals surface area (Å²) in [4.78, 5) is 22.8. The predicted octanol–water partition coefficient (Wildman–Crippen LogP) is 4.31. The highest BCUT2D eigenvalue weighted by molar-refractivity contribution is 6.01. The quantitative estimate of drug-likeness (QED) is 0.512. The number of nitrogens with one attached hydrogen (secondary N) is 2. The van der Waals surface area contributed by atoms with Crippen molar-refractivity contribution < 1.29 is 40.7 Å². The Labute approximate surface area is 184 Å². The lowest BCUT2D eigenvalue weighted by Gasteiger charge is -2.30. The van der Waals surface area contributed by atoms with Crippen molar-refractivity contribution >= 4 is 23.6 Å². The number of fused-ring (bicyclic) bond motifs is 3. The summed E-state index contributed by atoms with van der Waals surface area (Å²) < 4.78 is 77.7. The van der Waals surface area contributed by atoms with Crippen LogP contribution in [0.3, 0.4) is 0 Å². The number of methoxy groups -OCH3 is 1. The zero-order valence-electron chi connectivity index (χ0n) is 17.2. The SMILES string of the molecule is COc1ccccc1Nc1cc2c(c(C(F)(F)F)c1)C(=O)N1CCNC[C@@H]21.O=CC(F)(F)F. The summed E-state index contributed by atoms with van der Waals surface area (Å²) in [6, 6.07) is 9.22. The summed E-state index contributed by atoms with van der Waals surface area (Å²) in [5, 5.41) is 6.15. The van der Waals surface area contributed by atoms with E-state index in [0.717, 1.165) is 6.07 Å². The van der Waals surface area contributed by atoms with Crippen LogP contribution in [0.2, 0.25) is 0 Å². The van der Waals surface area contributed by atoms with Gasteiger partial charge in [0.2, 0.25) is 6.29 Å². The number of carbonyl (C=O) groups is 2. The fourth-order valence-corrected chi connectivity index (χ4v) is 3.73. The van der Waals surface area contributed by atoms with Crippen LogP contribution in [0.5, 0.6) is 5.75 Å². The maximum atomic E-state index is 13.7. The van der Waals surface area contributed by atoms with E-state index in [1.165, 1.54) is 12.0 Å². The second-order valence-corrected chi connectivity index (χ2v) is 7.19. The number of amides is 1. The number of ether oxygens (including phenoxy) is 1. The molecule has 1 fully saturated rings. The predicted molar refractivity (Wildman–Crippen MR) is 106 cm³/mol. The molecule has 2 aromatic rings.